The number of amides is 1. The Hall–Kier alpha value is -2.83. The number of carbonyl (C=O) groups is 1. The summed E-state index contributed by atoms with van der Waals surface area (Å²) in [5, 5.41) is 1.22. The number of hydrogen-bond donors (Lipinski definition) is 1. The van der Waals surface area contributed by atoms with Crippen molar-refractivity contribution in [1.29, 1.82) is 0 Å². The fraction of sp³-hybridized carbons (Fsp3) is 0.250. The Morgan fingerprint density at radius 1 is 1.22 bits per heavy atom. The van der Waals surface area contributed by atoms with Crippen LogP contribution in [0, 0.1) is 5.82 Å². The van der Waals surface area contributed by atoms with Gasteiger partial charge in [0.25, 0.3) is 10.0 Å². The molecule has 0 bridgehead atoms. The number of fused-ring (bicyclic) bond motifs is 1. The molecule has 0 radical (unpaired) electrons. The minimum Gasteiger partial charge on any atom is -0.308 e. The Bertz CT molecular complexity index is 1570. The van der Waals surface area contributed by atoms with Crippen LogP contribution >= 0.6 is 22.9 Å². The Balaban J connectivity index is 1.34. The summed E-state index contributed by atoms with van der Waals surface area (Å²) in [5.41, 5.74) is 0.690. The fourth-order valence-electron chi connectivity index (χ4n) is 4.23. The van der Waals surface area contributed by atoms with E-state index >= 15 is 4.39 Å². The van der Waals surface area contributed by atoms with Crippen LogP contribution in [-0.4, -0.2) is 55.5 Å². The maximum Gasteiger partial charge on any atom is 0.250 e. The summed E-state index contributed by atoms with van der Waals surface area (Å²) in [6, 6.07) is 10.3. The number of anilines is 1. The lowest BCUT2D eigenvalue weighted by molar-refractivity contribution is -0.118. The zero-order valence-corrected chi connectivity index (χ0v) is 21.9. The van der Waals surface area contributed by atoms with E-state index in [1.165, 1.54) is 23.1 Å². The van der Waals surface area contributed by atoms with Crippen molar-refractivity contribution in [2.24, 2.45) is 0 Å². The molecule has 2 aromatic heterocycles. The SMILES string of the molecule is CN(C)Cc1nccn1-c1ccc(N2CCC(NS(=O)(=O)c3cc4cc(Cl)ccc4s3)C2=O)c(F)c1. The molecule has 12 heteroatoms. The van der Waals surface area contributed by atoms with Gasteiger partial charge in [0, 0.05) is 40.4 Å². The van der Waals surface area contributed by atoms with Crippen LogP contribution in [0.4, 0.5) is 10.1 Å². The van der Waals surface area contributed by atoms with Crippen LogP contribution in [0.2, 0.25) is 5.02 Å². The van der Waals surface area contributed by atoms with Crippen molar-refractivity contribution in [1.82, 2.24) is 19.2 Å². The van der Waals surface area contributed by atoms with E-state index in [0.717, 1.165) is 21.9 Å². The molecule has 1 saturated heterocycles. The molecule has 188 valence electrons. The van der Waals surface area contributed by atoms with Crippen molar-refractivity contribution in [3.8, 4) is 5.69 Å². The summed E-state index contributed by atoms with van der Waals surface area (Å²) in [6.07, 6.45) is 3.63. The molecule has 1 amide bonds. The Morgan fingerprint density at radius 2 is 2.03 bits per heavy atom. The van der Waals surface area contributed by atoms with Crippen LogP contribution in [-0.2, 0) is 21.4 Å². The molecule has 0 saturated carbocycles. The van der Waals surface area contributed by atoms with Gasteiger partial charge in [-0.25, -0.2) is 17.8 Å². The van der Waals surface area contributed by atoms with Gasteiger partial charge in [0.1, 0.15) is 21.9 Å². The third kappa shape index (κ3) is 4.76. The van der Waals surface area contributed by atoms with Gasteiger partial charge >= 0.3 is 0 Å². The first-order chi connectivity index (χ1) is 17.1. The topological polar surface area (TPSA) is 87.5 Å². The molecule has 3 heterocycles. The molecule has 2 aromatic carbocycles. The number of hydrogen-bond acceptors (Lipinski definition) is 6. The van der Waals surface area contributed by atoms with Crippen molar-refractivity contribution < 1.29 is 17.6 Å². The molecule has 1 aliphatic rings. The minimum absolute atomic E-state index is 0.0930. The highest BCUT2D eigenvalue weighted by Gasteiger charge is 2.37. The number of sulfonamides is 1. The van der Waals surface area contributed by atoms with Crippen molar-refractivity contribution in [2.75, 3.05) is 25.5 Å². The second-order valence-electron chi connectivity index (χ2n) is 8.79. The maximum absolute atomic E-state index is 15.2. The van der Waals surface area contributed by atoms with E-state index in [9.17, 15) is 13.2 Å². The Morgan fingerprint density at radius 3 is 2.78 bits per heavy atom. The zero-order valence-electron chi connectivity index (χ0n) is 19.5. The van der Waals surface area contributed by atoms with E-state index in [0.29, 0.717) is 22.6 Å². The summed E-state index contributed by atoms with van der Waals surface area (Å²) in [4.78, 5) is 20.6. The number of aromatic nitrogens is 2. The number of carbonyl (C=O) groups excluding carboxylic acids is 1. The van der Waals surface area contributed by atoms with Gasteiger partial charge in [0.05, 0.1) is 12.2 Å². The summed E-state index contributed by atoms with van der Waals surface area (Å²) >= 11 is 7.10. The molecular formula is C24H23ClFN5O3S2. The Labute approximate surface area is 217 Å². The third-order valence-electron chi connectivity index (χ3n) is 5.90. The highest BCUT2D eigenvalue weighted by atomic mass is 35.5. The summed E-state index contributed by atoms with van der Waals surface area (Å²) < 4.78 is 46.3. The van der Waals surface area contributed by atoms with Crippen LogP contribution in [0.25, 0.3) is 15.8 Å². The van der Waals surface area contributed by atoms with Gasteiger partial charge in [0.2, 0.25) is 5.91 Å². The molecule has 36 heavy (non-hydrogen) atoms. The summed E-state index contributed by atoms with van der Waals surface area (Å²) in [7, 11) is -0.110. The first-order valence-corrected chi connectivity index (χ1v) is 13.8. The molecule has 1 unspecified atom stereocenters. The van der Waals surface area contributed by atoms with E-state index in [2.05, 4.69) is 9.71 Å². The van der Waals surface area contributed by atoms with Crippen LogP contribution in [0.3, 0.4) is 0 Å². The number of rotatable bonds is 7. The van der Waals surface area contributed by atoms with Gasteiger partial charge < -0.3 is 14.4 Å². The summed E-state index contributed by atoms with van der Waals surface area (Å²) in [6.45, 7) is 0.775. The first kappa shape index (κ1) is 24.8. The van der Waals surface area contributed by atoms with Crippen LogP contribution in [0.5, 0.6) is 0 Å². The van der Waals surface area contributed by atoms with Gasteiger partial charge in [-0.2, -0.15) is 4.72 Å². The molecule has 4 aromatic rings. The predicted octanol–water partition coefficient (Wildman–Crippen LogP) is 4.02. The largest absolute Gasteiger partial charge is 0.308 e. The predicted molar refractivity (Wildman–Crippen MR) is 139 cm³/mol. The van der Waals surface area contributed by atoms with Crippen LogP contribution in [0.1, 0.15) is 12.2 Å². The van der Waals surface area contributed by atoms with E-state index in [1.807, 2.05) is 19.0 Å². The minimum atomic E-state index is -3.95. The molecule has 5 rings (SSSR count). The highest BCUT2D eigenvalue weighted by Crippen LogP contribution is 2.32. The third-order valence-corrected chi connectivity index (χ3v) is 9.20. The smallest absolute Gasteiger partial charge is 0.250 e. The van der Waals surface area contributed by atoms with Gasteiger partial charge in [-0.15, -0.1) is 11.3 Å². The van der Waals surface area contributed by atoms with Gasteiger partial charge in [-0.3, -0.25) is 4.79 Å². The molecule has 1 atom stereocenters. The van der Waals surface area contributed by atoms with Crippen molar-refractivity contribution in [3.05, 3.63) is 71.5 Å². The molecule has 1 aliphatic heterocycles. The normalized spacial score (nSPS) is 16.5. The van der Waals surface area contributed by atoms with Gasteiger partial charge in [-0.1, -0.05) is 11.6 Å². The number of benzene rings is 2. The zero-order chi connectivity index (χ0) is 25.6. The number of thiophene rings is 1. The number of imidazole rings is 1. The van der Waals surface area contributed by atoms with Gasteiger partial charge in [-0.05, 0) is 62.3 Å². The van der Waals surface area contributed by atoms with Crippen molar-refractivity contribution >= 4 is 54.6 Å². The number of nitrogens with one attached hydrogen (secondary N) is 1. The van der Waals surface area contributed by atoms with Gasteiger partial charge in [0.15, 0.2) is 0 Å². The molecule has 1 N–H and O–H groups in total. The highest BCUT2D eigenvalue weighted by molar-refractivity contribution is 7.91. The molecule has 0 spiro atoms. The van der Waals surface area contributed by atoms with E-state index in [4.69, 9.17) is 11.6 Å². The van der Waals surface area contributed by atoms with E-state index in [1.54, 1.807) is 41.2 Å². The second kappa shape index (κ2) is 9.56. The monoisotopic (exact) mass is 547 g/mol. The lowest BCUT2D eigenvalue weighted by atomic mass is 10.2. The Kier molecular flexibility index (Phi) is 6.60. The van der Waals surface area contributed by atoms with Crippen LogP contribution in [0.15, 0.2) is 59.1 Å². The maximum atomic E-state index is 15.2. The average Bonchev–Trinajstić information content (AvgIpc) is 3.53. The number of nitrogens with zero attached hydrogens (tertiary/aromatic N) is 4. The lowest BCUT2D eigenvalue weighted by Gasteiger charge is -2.19. The van der Waals surface area contributed by atoms with E-state index < -0.39 is 27.8 Å². The summed E-state index contributed by atoms with van der Waals surface area (Å²) in [5.74, 6) is -0.317. The van der Waals surface area contributed by atoms with Crippen molar-refractivity contribution in [3.63, 3.8) is 0 Å². The van der Waals surface area contributed by atoms with Crippen LogP contribution < -0.4 is 9.62 Å². The molecule has 8 nitrogen and oxygen atoms in total. The number of halogens is 2. The first-order valence-electron chi connectivity index (χ1n) is 11.1. The molecule has 0 aliphatic carbocycles. The standard InChI is InChI=1S/C24H23ClFN5O3S2/c1-29(2)14-22-27-8-10-30(22)17-4-5-20(18(26)13-17)31-9-7-19(24(31)32)28-36(33,34)23-12-15-11-16(25)3-6-21(15)35-23/h3-6,8,10-13,19,28H,7,9,14H2,1-2H3. The fourth-order valence-corrected chi connectivity index (χ4v) is 7.03. The quantitative estimate of drug-likeness (QED) is 0.377. The lowest BCUT2D eigenvalue weighted by Crippen LogP contribution is -2.41. The second-order valence-corrected chi connectivity index (χ2v) is 12.2. The molecule has 1 fully saturated rings. The van der Waals surface area contributed by atoms with E-state index in [-0.39, 0.29) is 22.9 Å². The average molecular weight is 548 g/mol. The van der Waals surface area contributed by atoms with Crippen molar-refractivity contribution in [2.45, 2.75) is 23.2 Å². The molecular weight excluding hydrogens is 525 g/mol.